The minimum atomic E-state index is 0.412. The highest BCUT2D eigenvalue weighted by atomic mass is 15.2. The van der Waals surface area contributed by atoms with Gasteiger partial charge in [0.1, 0.15) is 0 Å². The first kappa shape index (κ1) is 12.4. The first-order valence-corrected chi connectivity index (χ1v) is 6.29. The lowest BCUT2D eigenvalue weighted by Gasteiger charge is -2.23. The Morgan fingerprint density at radius 1 is 1.39 bits per heavy atom. The zero-order valence-electron chi connectivity index (χ0n) is 10.3. The van der Waals surface area contributed by atoms with E-state index >= 15 is 0 Å². The zero-order chi connectivity index (χ0) is 12.6. The molecule has 1 fully saturated rings. The van der Waals surface area contributed by atoms with Gasteiger partial charge in [-0.2, -0.15) is 5.26 Å². The Kier molecular flexibility index (Phi) is 4.53. The fourth-order valence-corrected chi connectivity index (χ4v) is 2.14. The Labute approximate surface area is 107 Å². The van der Waals surface area contributed by atoms with E-state index < -0.39 is 0 Å². The summed E-state index contributed by atoms with van der Waals surface area (Å²) in [6.07, 6.45) is 11.3. The molecule has 1 aliphatic carbocycles. The third-order valence-electron chi connectivity index (χ3n) is 3.01. The normalized spacial score (nSPS) is 16.9. The topological polar surface area (TPSA) is 73.1 Å². The number of nitrogens with one attached hydrogen (secondary N) is 2. The summed E-state index contributed by atoms with van der Waals surface area (Å²) in [7, 11) is 0. The average molecular weight is 243 g/mol. The van der Waals surface area contributed by atoms with Crippen molar-refractivity contribution in [3.63, 3.8) is 0 Å². The standard InChI is InChI=1S/C13H17N5/c14-10-16-13(17-11-5-2-1-3-6-11)18-12-7-4-8-15-9-12/h4,7-9,11H,1-3,5-6H2,(H2,16,17,18). The molecule has 0 aliphatic heterocycles. The first-order valence-electron chi connectivity index (χ1n) is 6.29. The van der Waals surface area contributed by atoms with Crippen molar-refractivity contribution < 1.29 is 0 Å². The molecule has 2 rings (SSSR count). The van der Waals surface area contributed by atoms with Crippen molar-refractivity contribution in [2.24, 2.45) is 4.99 Å². The van der Waals surface area contributed by atoms with Gasteiger partial charge in [-0.05, 0) is 25.0 Å². The van der Waals surface area contributed by atoms with Crippen LogP contribution in [0.15, 0.2) is 29.5 Å². The molecule has 94 valence electrons. The lowest BCUT2D eigenvalue weighted by molar-refractivity contribution is 0.411. The summed E-state index contributed by atoms with van der Waals surface area (Å²) in [5, 5.41) is 14.6. The van der Waals surface area contributed by atoms with Crippen LogP contribution < -0.4 is 10.6 Å². The van der Waals surface area contributed by atoms with E-state index in [1.54, 1.807) is 12.4 Å². The highest BCUT2D eigenvalue weighted by molar-refractivity contribution is 5.84. The Morgan fingerprint density at radius 3 is 2.89 bits per heavy atom. The molecule has 1 saturated carbocycles. The number of nitriles is 1. The molecular formula is C13H17N5. The molecule has 0 saturated heterocycles. The Bertz CT molecular complexity index is 428. The van der Waals surface area contributed by atoms with Crippen LogP contribution in [0.25, 0.3) is 0 Å². The van der Waals surface area contributed by atoms with Crippen LogP contribution in [-0.2, 0) is 0 Å². The third-order valence-corrected chi connectivity index (χ3v) is 3.01. The molecule has 0 bridgehead atoms. The van der Waals surface area contributed by atoms with Crippen molar-refractivity contribution in [2.45, 2.75) is 38.1 Å². The van der Waals surface area contributed by atoms with E-state index in [4.69, 9.17) is 5.26 Å². The second kappa shape index (κ2) is 6.60. The highest BCUT2D eigenvalue weighted by Gasteiger charge is 2.14. The van der Waals surface area contributed by atoms with Gasteiger partial charge in [0.25, 0.3) is 0 Å². The van der Waals surface area contributed by atoms with E-state index in [0.717, 1.165) is 18.5 Å². The lowest BCUT2D eigenvalue weighted by atomic mass is 9.96. The smallest absolute Gasteiger partial charge is 0.210 e. The average Bonchev–Trinajstić information content (AvgIpc) is 2.41. The summed E-state index contributed by atoms with van der Waals surface area (Å²) in [6, 6.07) is 4.09. The summed E-state index contributed by atoms with van der Waals surface area (Å²) < 4.78 is 0. The summed E-state index contributed by atoms with van der Waals surface area (Å²) in [5.41, 5.74) is 0.735. The van der Waals surface area contributed by atoms with Crippen molar-refractivity contribution in [3.05, 3.63) is 24.5 Å². The van der Waals surface area contributed by atoms with Gasteiger partial charge in [0.15, 0.2) is 6.19 Å². The van der Waals surface area contributed by atoms with Crippen LogP contribution in [0.4, 0.5) is 5.69 Å². The van der Waals surface area contributed by atoms with Crippen LogP contribution in [-0.4, -0.2) is 17.0 Å². The maximum Gasteiger partial charge on any atom is 0.210 e. The molecule has 0 radical (unpaired) electrons. The quantitative estimate of drug-likeness (QED) is 0.361. The van der Waals surface area contributed by atoms with Gasteiger partial charge in [-0.3, -0.25) is 10.3 Å². The minimum absolute atomic E-state index is 0.412. The number of guanidine groups is 1. The molecule has 2 N–H and O–H groups in total. The number of pyridine rings is 1. The lowest BCUT2D eigenvalue weighted by Crippen LogP contribution is -2.42. The second-order valence-corrected chi connectivity index (χ2v) is 4.39. The first-order chi connectivity index (χ1) is 8.88. The van der Waals surface area contributed by atoms with Gasteiger partial charge in [-0.25, -0.2) is 4.99 Å². The second-order valence-electron chi connectivity index (χ2n) is 4.39. The van der Waals surface area contributed by atoms with Crippen LogP contribution in [0.2, 0.25) is 0 Å². The fraction of sp³-hybridized carbons (Fsp3) is 0.462. The van der Waals surface area contributed by atoms with E-state index in [1.165, 1.54) is 19.3 Å². The van der Waals surface area contributed by atoms with Crippen LogP contribution >= 0.6 is 0 Å². The summed E-state index contributed by atoms with van der Waals surface area (Å²) in [6.45, 7) is 0. The number of aromatic nitrogens is 1. The molecule has 1 aromatic rings. The molecule has 0 unspecified atom stereocenters. The highest BCUT2D eigenvalue weighted by Crippen LogP contribution is 2.17. The Balaban J connectivity index is 2.03. The summed E-state index contributed by atoms with van der Waals surface area (Å²) in [4.78, 5) is 8.35. The third kappa shape index (κ3) is 3.74. The maximum absolute atomic E-state index is 8.75. The number of nitrogens with zero attached hydrogens (tertiary/aromatic N) is 3. The van der Waals surface area contributed by atoms with E-state index in [2.05, 4.69) is 20.6 Å². The van der Waals surface area contributed by atoms with Gasteiger partial charge in [-0.15, -0.1) is 0 Å². The van der Waals surface area contributed by atoms with E-state index in [0.29, 0.717) is 12.0 Å². The molecule has 5 nitrogen and oxygen atoms in total. The van der Waals surface area contributed by atoms with Gasteiger partial charge < -0.3 is 5.32 Å². The van der Waals surface area contributed by atoms with Crippen LogP contribution in [0.5, 0.6) is 0 Å². The fourth-order valence-electron chi connectivity index (χ4n) is 2.14. The van der Waals surface area contributed by atoms with E-state index in [9.17, 15) is 0 Å². The molecule has 1 aliphatic rings. The van der Waals surface area contributed by atoms with E-state index in [1.807, 2.05) is 18.3 Å². The largest absolute Gasteiger partial charge is 0.353 e. The minimum Gasteiger partial charge on any atom is -0.353 e. The van der Waals surface area contributed by atoms with Crippen LogP contribution in [0.1, 0.15) is 32.1 Å². The van der Waals surface area contributed by atoms with Crippen molar-refractivity contribution in [1.82, 2.24) is 15.6 Å². The van der Waals surface area contributed by atoms with Gasteiger partial charge in [0.2, 0.25) is 5.96 Å². The summed E-state index contributed by atoms with van der Waals surface area (Å²) >= 11 is 0. The number of rotatable bonds is 2. The Hall–Kier alpha value is -2.09. The number of hydrogen-bond acceptors (Lipinski definition) is 3. The summed E-state index contributed by atoms with van der Waals surface area (Å²) in [5.74, 6) is 0.511. The van der Waals surface area contributed by atoms with Crippen LogP contribution in [0, 0.1) is 11.5 Å². The maximum atomic E-state index is 8.75. The molecule has 18 heavy (non-hydrogen) atoms. The molecular weight excluding hydrogens is 226 g/mol. The van der Waals surface area contributed by atoms with Gasteiger partial charge in [-0.1, -0.05) is 19.3 Å². The Morgan fingerprint density at radius 2 is 2.22 bits per heavy atom. The molecule has 0 spiro atoms. The van der Waals surface area contributed by atoms with Gasteiger partial charge in [0.05, 0.1) is 11.9 Å². The SMILES string of the molecule is N#CNC(=Nc1cccnc1)NC1CCCCC1. The monoisotopic (exact) mass is 243 g/mol. The van der Waals surface area contributed by atoms with Crippen molar-refractivity contribution in [2.75, 3.05) is 0 Å². The molecule has 0 amide bonds. The van der Waals surface area contributed by atoms with Gasteiger partial charge in [0, 0.05) is 12.2 Å². The van der Waals surface area contributed by atoms with Crippen molar-refractivity contribution in [1.29, 1.82) is 5.26 Å². The van der Waals surface area contributed by atoms with Crippen LogP contribution in [0.3, 0.4) is 0 Å². The predicted molar refractivity (Wildman–Crippen MR) is 70.1 cm³/mol. The molecule has 1 aromatic heterocycles. The van der Waals surface area contributed by atoms with E-state index in [-0.39, 0.29) is 0 Å². The number of hydrogen-bond donors (Lipinski definition) is 2. The van der Waals surface area contributed by atoms with Gasteiger partial charge >= 0.3 is 0 Å². The molecule has 0 aromatic carbocycles. The zero-order valence-corrected chi connectivity index (χ0v) is 10.3. The predicted octanol–water partition coefficient (Wildman–Crippen LogP) is 2.06. The van der Waals surface area contributed by atoms with Crippen molar-refractivity contribution >= 4 is 11.6 Å². The molecule has 5 heteroatoms. The van der Waals surface area contributed by atoms with Crippen molar-refractivity contribution in [3.8, 4) is 6.19 Å². The molecule has 0 atom stereocenters. The molecule has 1 heterocycles. The number of aliphatic imine (C=N–C) groups is 1.